The van der Waals surface area contributed by atoms with Crippen molar-refractivity contribution in [3.05, 3.63) is 69.6 Å². The molecule has 1 aliphatic rings. The summed E-state index contributed by atoms with van der Waals surface area (Å²) in [6.45, 7) is 5.16. The highest BCUT2D eigenvalue weighted by atomic mass is 16.5. The van der Waals surface area contributed by atoms with E-state index in [1.807, 2.05) is 25.1 Å². The SMILES string of the molecule is C[C@H](CCCC(N)=O)OCc1ccc(CCCNC(=O)COCCOCCOCCCc2ccc3c(c2)n(C)c(=O)n3[C@H]2CCC(=O)N(C)C2=O)cc1. The average Bonchev–Trinajstić information content (AvgIpc) is 3.39. The van der Waals surface area contributed by atoms with E-state index in [1.165, 1.54) is 17.2 Å². The number of aryl methyl sites for hydroxylation is 3. The number of fused-ring (bicyclic) bond motifs is 1. The molecule has 1 aromatic heterocycles. The van der Waals surface area contributed by atoms with Crippen LogP contribution in [0.5, 0.6) is 0 Å². The number of aromatic nitrogens is 2. The first-order chi connectivity index (χ1) is 25.5. The molecule has 0 bridgehead atoms. The number of likely N-dealkylation sites (N-methyl/N-ethyl adjacent to an activating group) is 1. The first-order valence-electron chi connectivity index (χ1n) is 18.5. The lowest BCUT2D eigenvalue weighted by Crippen LogP contribution is -2.45. The van der Waals surface area contributed by atoms with Crippen molar-refractivity contribution in [2.24, 2.45) is 12.8 Å². The maximum atomic E-state index is 13.1. The minimum atomic E-state index is -0.686. The molecule has 14 heteroatoms. The zero-order valence-electron chi connectivity index (χ0n) is 31.3. The summed E-state index contributed by atoms with van der Waals surface area (Å²) >= 11 is 0. The third-order valence-corrected chi connectivity index (χ3v) is 9.37. The number of nitrogens with one attached hydrogen (secondary N) is 1. The van der Waals surface area contributed by atoms with Crippen LogP contribution in [-0.2, 0) is 64.6 Å². The number of nitrogens with zero attached hydrogens (tertiary/aromatic N) is 3. The summed E-state index contributed by atoms with van der Waals surface area (Å²) in [5.41, 5.74) is 9.68. The Kier molecular flexibility index (Phi) is 16.7. The number of piperidine rings is 1. The fourth-order valence-corrected chi connectivity index (χ4v) is 6.25. The van der Waals surface area contributed by atoms with Gasteiger partial charge in [0.15, 0.2) is 0 Å². The molecule has 290 valence electrons. The number of primary amides is 1. The van der Waals surface area contributed by atoms with E-state index in [0.29, 0.717) is 64.5 Å². The van der Waals surface area contributed by atoms with Crippen molar-refractivity contribution in [2.45, 2.75) is 83.5 Å². The van der Waals surface area contributed by atoms with Crippen LogP contribution in [0.4, 0.5) is 0 Å². The zero-order chi connectivity index (χ0) is 38.2. The standard InChI is InChI=1S/C39H55N5O9/c1-28(7-4-10-35(40)45)53-26-31-13-11-29(12-14-31)8-5-19-41-36(46)27-52-24-23-51-22-21-50-20-6-9-30-15-16-32-34(25-30)42(2)39(49)44(32)33-17-18-37(47)43(3)38(33)48/h11-16,25,28,33H,4-10,17-24,26-27H2,1-3H3,(H2,40,45)(H,41,46)/t28-,33+/m1/s1. The number of carbonyl (C=O) groups excluding carboxylic acids is 4. The van der Waals surface area contributed by atoms with Crippen molar-refractivity contribution < 1.29 is 38.1 Å². The number of ether oxygens (including phenoxy) is 4. The molecule has 1 aliphatic heterocycles. The molecule has 0 saturated carbocycles. The molecule has 3 aromatic rings. The van der Waals surface area contributed by atoms with Crippen LogP contribution in [0.3, 0.4) is 0 Å². The molecule has 2 aromatic carbocycles. The van der Waals surface area contributed by atoms with Gasteiger partial charge in [-0.25, -0.2) is 4.79 Å². The smallest absolute Gasteiger partial charge is 0.329 e. The second-order valence-corrected chi connectivity index (χ2v) is 13.5. The van der Waals surface area contributed by atoms with Gasteiger partial charge in [0.05, 0.1) is 50.2 Å². The van der Waals surface area contributed by atoms with Crippen LogP contribution in [0.15, 0.2) is 47.3 Å². The summed E-state index contributed by atoms with van der Waals surface area (Å²) in [4.78, 5) is 61.8. The highest BCUT2D eigenvalue weighted by Crippen LogP contribution is 2.26. The van der Waals surface area contributed by atoms with Gasteiger partial charge in [-0.05, 0) is 80.7 Å². The third kappa shape index (κ3) is 12.9. The topological polar surface area (TPSA) is 173 Å². The van der Waals surface area contributed by atoms with Crippen molar-refractivity contribution in [1.29, 1.82) is 0 Å². The molecule has 0 spiro atoms. The van der Waals surface area contributed by atoms with Crippen molar-refractivity contribution in [3.63, 3.8) is 0 Å². The number of hydrogen-bond donors (Lipinski definition) is 2. The van der Waals surface area contributed by atoms with Gasteiger partial charge in [-0.1, -0.05) is 30.3 Å². The van der Waals surface area contributed by atoms with E-state index >= 15 is 0 Å². The summed E-state index contributed by atoms with van der Waals surface area (Å²) in [7, 11) is 3.16. The van der Waals surface area contributed by atoms with Crippen LogP contribution in [-0.4, -0.2) is 97.0 Å². The Morgan fingerprint density at radius 3 is 2.25 bits per heavy atom. The fraction of sp³-hybridized carbons (Fsp3) is 0.564. The molecule has 1 fully saturated rings. The lowest BCUT2D eigenvalue weighted by Gasteiger charge is -2.28. The molecule has 0 aliphatic carbocycles. The predicted molar refractivity (Wildman–Crippen MR) is 199 cm³/mol. The summed E-state index contributed by atoms with van der Waals surface area (Å²) in [6.07, 6.45) is 5.74. The Morgan fingerprint density at radius 1 is 0.849 bits per heavy atom. The number of rotatable bonds is 24. The van der Waals surface area contributed by atoms with E-state index in [1.54, 1.807) is 11.6 Å². The van der Waals surface area contributed by atoms with Crippen LogP contribution in [0, 0.1) is 0 Å². The van der Waals surface area contributed by atoms with Gasteiger partial charge in [-0.3, -0.25) is 33.2 Å². The molecule has 1 saturated heterocycles. The number of imidazole rings is 1. The Hall–Kier alpha value is -4.37. The van der Waals surface area contributed by atoms with Crippen molar-refractivity contribution in [1.82, 2.24) is 19.4 Å². The minimum Gasteiger partial charge on any atom is -0.379 e. The van der Waals surface area contributed by atoms with Gasteiger partial charge < -0.3 is 30.0 Å². The minimum absolute atomic E-state index is 0.0166. The molecule has 4 rings (SSSR count). The fourth-order valence-electron chi connectivity index (χ4n) is 6.25. The van der Waals surface area contributed by atoms with Gasteiger partial charge in [0.1, 0.15) is 12.6 Å². The lowest BCUT2D eigenvalue weighted by molar-refractivity contribution is -0.149. The number of nitrogens with two attached hydrogens (primary N) is 1. The molecule has 14 nitrogen and oxygen atoms in total. The average molecular weight is 738 g/mol. The third-order valence-electron chi connectivity index (χ3n) is 9.37. The highest BCUT2D eigenvalue weighted by molar-refractivity contribution is 5.99. The number of carbonyl (C=O) groups is 4. The van der Waals surface area contributed by atoms with E-state index in [0.717, 1.165) is 60.1 Å². The molecule has 2 atom stereocenters. The molecule has 53 heavy (non-hydrogen) atoms. The van der Waals surface area contributed by atoms with Gasteiger partial charge >= 0.3 is 5.69 Å². The quantitative estimate of drug-likeness (QED) is 0.104. The molecule has 0 unspecified atom stereocenters. The van der Waals surface area contributed by atoms with Gasteiger partial charge in [-0.2, -0.15) is 0 Å². The van der Waals surface area contributed by atoms with E-state index in [-0.39, 0.29) is 48.5 Å². The van der Waals surface area contributed by atoms with Crippen LogP contribution in [0.25, 0.3) is 11.0 Å². The maximum absolute atomic E-state index is 13.1. The zero-order valence-corrected chi connectivity index (χ0v) is 31.3. The van der Waals surface area contributed by atoms with Crippen LogP contribution in [0.2, 0.25) is 0 Å². The number of likely N-dealkylation sites (tertiary alicyclic amines) is 1. The first-order valence-corrected chi connectivity index (χ1v) is 18.5. The monoisotopic (exact) mass is 737 g/mol. The normalized spacial score (nSPS) is 15.3. The highest BCUT2D eigenvalue weighted by Gasteiger charge is 2.35. The Bertz CT molecular complexity index is 1720. The molecule has 2 heterocycles. The summed E-state index contributed by atoms with van der Waals surface area (Å²) in [5, 5.41) is 2.88. The first kappa shape index (κ1) is 41.4. The van der Waals surface area contributed by atoms with E-state index < -0.39 is 6.04 Å². The molecular formula is C39H55N5O9. The maximum Gasteiger partial charge on any atom is 0.329 e. The molecule has 4 amide bonds. The Balaban J connectivity index is 0.988. The van der Waals surface area contributed by atoms with E-state index in [4.69, 9.17) is 24.7 Å². The second-order valence-electron chi connectivity index (χ2n) is 13.5. The Labute approximate surface area is 310 Å². The number of imide groups is 1. The van der Waals surface area contributed by atoms with Gasteiger partial charge in [0.25, 0.3) is 5.91 Å². The lowest BCUT2D eigenvalue weighted by atomic mass is 10.0. The van der Waals surface area contributed by atoms with Gasteiger partial charge in [0.2, 0.25) is 17.7 Å². The van der Waals surface area contributed by atoms with Crippen molar-refractivity contribution >= 4 is 34.7 Å². The van der Waals surface area contributed by atoms with E-state index in [9.17, 15) is 24.0 Å². The summed E-state index contributed by atoms with van der Waals surface area (Å²) in [5.74, 6) is -1.02. The predicted octanol–water partition coefficient (Wildman–Crippen LogP) is 2.95. The van der Waals surface area contributed by atoms with Crippen molar-refractivity contribution in [2.75, 3.05) is 53.2 Å². The van der Waals surface area contributed by atoms with Crippen LogP contribution >= 0.6 is 0 Å². The molecule has 0 radical (unpaired) electrons. The number of benzene rings is 2. The van der Waals surface area contributed by atoms with E-state index in [2.05, 4.69) is 29.6 Å². The summed E-state index contributed by atoms with van der Waals surface area (Å²) < 4.78 is 25.6. The number of hydrogen-bond acceptors (Lipinski definition) is 9. The largest absolute Gasteiger partial charge is 0.379 e. The number of amides is 4. The molecular weight excluding hydrogens is 682 g/mol. The molecule has 3 N–H and O–H groups in total. The van der Waals surface area contributed by atoms with Gasteiger partial charge in [-0.15, -0.1) is 0 Å². The van der Waals surface area contributed by atoms with Crippen LogP contribution in [0.1, 0.15) is 74.6 Å². The summed E-state index contributed by atoms with van der Waals surface area (Å²) in [6, 6.07) is 13.4. The van der Waals surface area contributed by atoms with Crippen LogP contribution < -0.4 is 16.7 Å². The van der Waals surface area contributed by atoms with Crippen molar-refractivity contribution in [3.8, 4) is 0 Å². The van der Waals surface area contributed by atoms with Gasteiger partial charge in [0, 0.05) is 40.1 Å². The second kappa shape index (κ2) is 21.4. The Morgan fingerprint density at radius 2 is 1.51 bits per heavy atom.